The van der Waals surface area contributed by atoms with E-state index in [2.05, 4.69) is 138 Å². The highest BCUT2D eigenvalue weighted by Gasteiger charge is 2.35. The van der Waals surface area contributed by atoms with Gasteiger partial charge in [-0.3, -0.25) is 19.6 Å². The van der Waals surface area contributed by atoms with Gasteiger partial charge in [0.25, 0.3) is 0 Å². The molecule has 2 aliphatic carbocycles. The monoisotopic (exact) mass is 1010 g/mol. The Balaban J connectivity index is 0.000000219. The van der Waals surface area contributed by atoms with Gasteiger partial charge in [0.1, 0.15) is 0 Å². The number of aryl methyl sites for hydroxylation is 6. The summed E-state index contributed by atoms with van der Waals surface area (Å²) in [6.07, 6.45) is 23.2. The van der Waals surface area contributed by atoms with E-state index < -0.39 is 17.2 Å². The van der Waals surface area contributed by atoms with Crippen molar-refractivity contribution < 1.29 is 29.6 Å². The molecule has 0 saturated heterocycles. The number of carbonyl (C=O) groups is 2. The minimum absolute atomic E-state index is 0.0264. The number of carboxylic acids is 1. The molecular weight excluding hydrogens is 929 g/mol. The van der Waals surface area contributed by atoms with Crippen LogP contribution in [0.3, 0.4) is 0 Å². The first kappa shape index (κ1) is 56.8. The summed E-state index contributed by atoms with van der Waals surface area (Å²) in [5.41, 5.74) is 17.7. The molecule has 0 aliphatic heterocycles. The van der Waals surface area contributed by atoms with Gasteiger partial charge in [0.05, 0.1) is 31.2 Å². The Kier molecular flexibility index (Phi) is 18.8. The molecule has 2 aromatic heterocycles. The third-order valence-electron chi connectivity index (χ3n) is 17.7. The number of benzene rings is 4. The van der Waals surface area contributed by atoms with E-state index in [0.717, 1.165) is 136 Å². The Morgan fingerprint density at radius 2 is 0.880 bits per heavy atom. The van der Waals surface area contributed by atoms with E-state index in [1.807, 2.05) is 24.5 Å². The van der Waals surface area contributed by atoms with Gasteiger partial charge in [0.2, 0.25) is 0 Å². The maximum absolute atomic E-state index is 11.7. The van der Waals surface area contributed by atoms with E-state index in [4.69, 9.17) is 9.84 Å². The number of hydrogen-bond donors (Lipinski definition) is 3. The van der Waals surface area contributed by atoms with Crippen LogP contribution in [0.25, 0.3) is 22.3 Å². The van der Waals surface area contributed by atoms with Gasteiger partial charge in [0.15, 0.2) is 0 Å². The van der Waals surface area contributed by atoms with Crippen LogP contribution in [0.4, 0.5) is 0 Å². The molecule has 2 saturated carbocycles. The molecule has 8 heteroatoms. The second-order valence-corrected chi connectivity index (χ2v) is 22.3. The maximum Gasteiger partial charge on any atom is 0.310 e. The number of ether oxygens (including phenoxy) is 1. The van der Waals surface area contributed by atoms with Crippen molar-refractivity contribution in [3.05, 3.63) is 176 Å². The third-order valence-corrected chi connectivity index (χ3v) is 17.7. The fourth-order valence-electron chi connectivity index (χ4n) is 12.8. The number of carbonyl (C=O) groups excluding carboxylic acids is 1. The SMILES string of the molecule is CCC(CC)(c1ccc(CCC2(O)CCCC2)c(C)c1)c1ccc(-c2cncc(CC(=O)O)c2)c(C)c1.CCC(CC)(c1ccc(CCC2(O)CCCC2)c(C)c1)c1ccc(-c2cncc(CC(=O)OC)c2)c(C)c1. The minimum Gasteiger partial charge on any atom is -0.481 e. The third kappa shape index (κ3) is 13.2. The van der Waals surface area contributed by atoms with Gasteiger partial charge in [0, 0.05) is 46.7 Å². The van der Waals surface area contributed by atoms with E-state index in [-0.39, 0.29) is 29.6 Å². The fraction of sp³-hybridized carbons (Fsp3) is 0.463. The Bertz CT molecular complexity index is 2920. The van der Waals surface area contributed by atoms with E-state index in [1.165, 1.54) is 57.2 Å². The first-order chi connectivity index (χ1) is 35.9. The second kappa shape index (κ2) is 24.8. The van der Waals surface area contributed by atoms with Gasteiger partial charge >= 0.3 is 11.9 Å². The maximum atomic E-state index is 11.7. The van der Waals surface area contributed by atoms with Crippen molar-refractivity contribution in [2.24, 2.45) is 0 Å². The summed E-state index contributed by atoms with van der Waals surface area (Å²) >= 11 is 0. The van der Waals surface area contributed by atoms with Crippen LogP contribution in [0.2, 0.25) is 0 Å². The Hall–Kier alpha value is -5.96. The molecule has 0 radical (unpaired) electrons. The number of esters is 1. The van der Waals surface area contributed by atoms with Crippen molar-refractivity contribution in [3.8, 4) is 22.3 Å². The molecule has 398 valence electrons. The van der Waals surface area contributed by atoms with Gasteiger partial charge < -0.3 is 20.1 Å². The number of hydrogen-bond acceptors (Lipinski definition) is 7. The largest absolute Gasteiger partial charge is 0.481 e. The predicted octanol–water partition coefficient (Wildman–Crippen LogP) is 14.8. The van der Waals surface area contributed by atoms with Crippen molar-refractivity contribution in [1.29, 1.82) is 0 Å². The quantitative estimate of drug-likeness (QED) is 0.0645. The molecule has 2 heterocycles. The van der Waals surface area contributed by atoms with Crippen LogP contribution in [0.15, 0.2) is 110 Å². The zero-order chi connectivity index (χ0) is 54.0. The molecule has 3 N–H and O–H groups in total. The van der Waals surface area contributed by atoms with E-state index in [9.17, 15) is 19.8 Å². The molecule has 0 unspecified atom stereocenters. The fourth-order valence-corrected chi connectivity index (χ4v) is 12.8. The summed E-state index contributed by atoms with van der Waals surface area (Å²) in [6.45, 7) is 17.8. The molecule has 8 rings (SSSR count). The lowest BCUT2D eigenvalue weighted by Gasteiger charge is -2.34. The average molecular weight is 1010 g/mol. The zero-order valence-corrected chi connectivity index (χ0v) is 46.6. The van der Waals surface area contributed by atoms with Gasteiger partial charge in [-0.2, -0.15) is 0 Å². The van der Waals surface area contributed by atoms with Gasteiger partial charge in [-0.25, -0.2) is 0 Å². The lowest BCUT2D eigenvalue weighted by Crippen LogP contribution is -2.27. The van der Waals surface area contributed by atoms with Crippen LogP contribution in [0.1, 0.15) is 184 Å². The van der Waals surface area contributed by atoms with Crippen LogP contribution >= 0.6 is 0 Å². The summed E-state index contributed by atoms with van der Waals surface area (Å²) in [5, 5.41) is 30.8. The first-order valence-electron chi connectivity index (χ1n) is 28.0. The number of nitrogens with zero attached hydrogens (tertiary/aromatic N) is 2. The highest BCUT2D eigenvalue weighted by atomic mass is 16.5. The number of aliphatic hydroxyl groups is 2. The Labute approximate surface area is 448 Å². The molecule has 6 aromatic rings. The van der Waals surface area contributed by atoms with E-state index >= 15 is 0 Å². The van der Waals surface area contributed by atoms with Crippen LogP contribution in [0.5, 0.6) is 0 Å². The number of aliphatic carboxylic acids is 1. The number of pyridine rings is 2. The van der Waals surface area contributed by atoms with Crippen molar-refractivity contribution in [2.75, 3.05) is 7.11 Å². The van der Waals surface area contributed by atoms with Gasteiger partial charge in [-0.1, -0.05) is 126 Å². The summed E-state index contributed by atoms with van der Waals surface area (Å²) in [7, 11) is 1.41. The normalized spacial score (nSPS) is 15.1. The van der Waals surface area contributed by atoms with Gasteiger partial charge in [-0.15, -0.1) is 0 Å². The topological polar surface area (TPSA) is 130 Å². The molecule has 75 heavy (non-hydrogen) atoms. The van der Waals surface area contributed by atoms with Crippen LogP contribution in [0, 0.1) is 27.7 Å². The number of carboxylic acid groups (broad SMARTS) is 1. The molecule has 0 spiro atoms. The highest BCUT2D eigenvalue weighted by molar-refractivity contribution is 5.75. The standard InChI is InChI=1S/C34H43NO3.C33H41NO3/c1-6-34(7-2,29-11-10-27(24(3)18-29)14-17-33(37)15-8-9-16-33)30-12-13-31(25(4)19-30)28-20-26(22-35-23-28)21-32(36)38-5;1-5-33(6-2,28-10-9-26(23(3)17-28)13-16-32(37)14-7-8-15-32)29-11-12-30(24(4)18-29)27-19-25(20-31(35)36)21-34-22-27/h10-13,18-20,22-23,37H,6-9,14-17,21H2,1-5H3;9-12,17-19,21-22,37H,5-8,13-16,20H2,1-4H3,(H,35,36). The molecule has 0 atom stereocenters. The van der Waals surface area contributed by atoms with E-state index in [0.29, 0.717) is 5.56 Å². The highest BCUT2D eigenvalue weighted by Crippen LogP contribution is 2.44. The summed E-state index contributed by atoms with van der Waals surface area (Å²) < 4.78 is 4.82. The Morgan fingerprint density at radius 1 is 0.520 bits per heavy atom. The van der Waals surface area contributed by atoms with Crippen LogP contribution in [-0.2, 0) is 50.8 Å². The Morgan fingerprint density at radius 3 is 1.21 bits per heavy atom. The number of rotatable bonds is 20. The lowest BCUT2D eigenvalue weighted by molar-refractivity contribution is -0.140. The smallest absolute Gasteiger partial charge is 0.310 e. The number of aromatic nitrogens is 2. The van der Waals surface area contributed by atoms with E-state index in [1.54, 1.807) is 12.4 Å². The molecule has 4 aromatic carbocycles. The summed E-state index contributed by atoms with van der Waals surface area (Å²) in [6, 6.07) is 31.4. The summed E-state index contributed by atoms with van der Waals surface area (Å²) in [4.78, 5) is 31.6. The molecule has 0 amide bonds. The first-order valence-corrected chi connectivity index (χ1v) is 28.0. The molecule has 2 fully saturated rings. The van der Waals surface area contributed by atoms with Crippen LogP contribution < -0.4 is 0 Å². The second-order valence-electron chi connectivity index (χ2n) is 22.3. The lowest BCUT2D eigenvalue weighted by atomic mass is 9.69. The molecule has 8 nitrogen and oxygen atoms in total. The molecular formula is C67H84N2O6. The van der Waals surface area contributed by atoms with Crippen molar-refractivity contribution in [3.63, 3.8) is 0 Å². The van der Waals surface area contributed by atoms with Crippen molar-refractivity contribution in [1.82, 2.24) is 9.97 Å². The summed E-state index contributed by atoms with van der Waals surface area (Å²) in [5.74, 6) is -1.11. The average Bonchev–Trinajstić information content (AvgIpc) is 4.05. The number of methoxy groups -OCH3 is 1. The van der Waals surface area contributed by atoms with Crippen molar-refractivity contribution >= 4 is 11.9 Å². The predicted molar refractivity (Wildman–Crippen MR) is 304 cm³/mol. The molecule has 2 aliphatic rings. The van der Waals surface area contributed by atoms with Crippen LogP contribution in [-0.4, -0.2) is 55.5 Å². The minimum atomic E-state index is -0.850. The van der Waals surface area contributed by atoms with Gasteiger partial charge in [-0.05, 0) is 195 Å². The molecule has 0 bridgehead atoms. The zero-order valence-electron chi connectivity index (χ0n) is 46.6. The van der Waals surface area contributed by atoms with Crippen molar-refractivity contribution in [2.45, 2.75) is 193 Å².